The van der Waals surface area contributed by atoms with Crippen molar-refractivity contribution in [3.8, 4) is 39.3 Å². The molecule has 2 aromatic heterocycles. The fourth-order valence-corrected chi connectivity index (χ4v) is 7.51. The van der Waals surface area contributed by atoms with Gasteiger partial charge < -0.3 is 26.2 Å². The van der Waals surface area contributed by atoms with E-state index >= 15 is 0 Å². The molecule has 2 aliphatic heterocycles. The van der Waals surface area contributed by atoms with E-state index in [0.29, 0.717) is 48.1 Å². The zero-order valence-electron chi connectivity index (χ0n) is 31.7. The number of likely N-dealkylation sites (tertiary alicyclic amines) is 2. The highest BCUT2D eigenvalue weighted by Crippen LogP contribution is 2.32. The van der Waals surface area contributed by atoms with Crippen LogP contribution < -0.4 is 11.1 Å². The zero-order chi connectivity index (χ0) is 38.7. The number of para-hydroxylation sites is 1. The number of carbonyl (C=O) groups excluding carboxylic acids is 2. The Morgan fingerprint density at radius 1 is 0.891 bits per heavy atom. The molecule has 0 spiro atoms. The molecule has 12 heteroatoms. The number of rotatable bonds is 10. The monoisotopic (exact) mass is 742 g/mol. The number of benzene rings is 3. The maximum Gasteiger partial charge on any atom is 0.251 e. The van der Waals surface area contributed by atoms with Gasteiger partial charge in [-0.3, -0.25) is 19.2 Å². The third-order valence-electron chi connectivity index (χ3n) is 10.8. The topological polar surface area (TPSA) is 163 Å². The summed E-state index contributed by atoms with van der Waals surface area (Å²) in [6.07, 6.45) is 6.02. The first-order valence-corrected chi connectivity index (χ1v) is 19.0. The van der Waals surface area contributed by atoms with Gasteiger partial charge in [0.25, 0.3) is 5.91 Å². The Morgan fingerprint density at radius 3 is 2.24 bits per heavy atom. The van der Waals surface area contributed by atoms with Gasteiger partial charge in [-0.05, 0) is 90.7 Å². The molecule has 2 atom stereocenters. The number of phenolic OH excluding ortho intramolecular Hbond substituents is 1. The third-order valence-corrected chi connectivity index (χ3v) is 10.8. The Kier molecular flexibility index (Phi) is 11.0. The number of hydrogen-bond donors (Lipinski definition) is 4. The van der Waals surface area contributed by atoms with E-state index in [1.165, 1.54) is 5.56 Å². The van der Waals surface area contributed by atoms with Gasteiger partial charge in [0.1, 0.15) is 11.8 Å². The largest absolute Gasteiger partial charge is 0.507 e. The molecule has 0 bridgehead atoms. The summed E-state index contributed by atoms with van der Waals surface area (Å²) in [5.74, 6) is 0.523. The quantitative estimate of drug-likeness (QED) is 0.143. The summed E-state index contributed by atoms with van der Waals surface area (Å²) < 4.78 is 1.98. The van der Waals surface area contributed by atoms with Crippen LogP contribution in [0.2, 0.25) is 0 Å². The van der Waals surface area contributed by atoms with Crippen LogP contribution in [0, 0.1) is 11.3 Å². The van der Waals surface area contributed by atoms with Crippen molar-refractivity contribution in [3.63, 3.8) is 0 Å². The number of carbonyl (C=O) groups is 2. The van der Waals surface area contributed by atoms with Crippen molar-refractivity contribution in [3.05, 3.63) is 102 Å². The normalized spacial score (nSPS) is 17.3. The van der Waals surface area contributed by atoms with Crippen molar-refractivity contribution < 1.29 is 19.8 Å². The minimum absolute atomic E-state index is 0.139. The van der Waals surface area contributed by atoms with Crippen molar-refractivity contribution in [1.82, 2.24) is 35.1 Å². The lowest BCUT2D eigenvalue weighted by molar-refractivity contribution is -0.135. The molecule has 2 aliphatic rings. The van der Waals surface area contributed by atoms with Gasteiger partial charge in [0.15, 0.2) is 5.82 Å². The van der Waals surface area contributed by atoms with Crippen LogP contribution in [0.25, 0.3) is 33.5 Å². The average Bonchev–Trinajstić information content (AvgIpc) is 3.84. The zero-order valence-corrected chi connectivity index (χ0v) is 31.7. The number of β-amino-alcohol motifs (C(OH)–C–C–N with tert-alkyl or cyclic N) is 1. The van der Waals surface area contributed by atoms with E-state index in [2.05, 4.69) is 49.8 Å². The molecule has 286 valence electrons. The average molecular weight is 743 g/mol. The Morgan fingerprint density at radius 2 is 1.58 bits per heavy atom. The molecule has 0 saturated carbocycles. The van der Waals surface area contributed by atoms with Crippen LogP contribution in [0.5, 0.6) is 5.75 Å². The molecule has 5 aromatic rings. The Labute approximate surface area is 322 Å². The summed E-state index contributed by atoms with van der Waals surface area (Å²) in [4.78, 5) is 30.7. The van der Waals surface area contributed by atoms with Crippen molar-refractivity contribution in [2.24, 2.45) is 11.3 Å². The molecule has 2 amide bonds. The number of amides is 2. The molecule has 0 unspecified atom stereocenters. The molecule has 12 nitrogen and oxygen atoms in total. The first kappa shape index (κ1) is 37.7. The maximum absolute atomic E-state index is 13.3. The molecule has 55 heavy (non-hydrogen) atoms. The number of piperidine rings is 1. The Hall–Kier alpha value is -5.59. The number of aromatic hydroxyl groups is 1. The maximum atomic E-state index is 13.3. The molecule has 2 saturated heterocycles. The van der Waals surface area contributed by atoms with Gasteiger partial charge in [0.05, 0.1) is 18.0 Å². The number of nitrogen functional groups attached to an aromatic ring is 1. The predicted octanol–water partition coefficient (Wildman–Crippen LogP) is 5.61. The van der Waals surface area contributed by atoms with E-state index in [9.17, 15) is 19.8 Å². The standard InChI is InChI=1S/C43H50N8O4/c1-43(2,3)39(42(55)50-21-18-34(52)27-50)46-41(54)32-14-12-31(13-15-32)30-10-8-28(9-11-30)24-49-19-16-29(17-20-49)25-51-26-33(23-45-51)36-22-37(47-48-40(36)44)35-6-4-5-7-38(35)53/h4-15,22-23,26,29,34,39,52-53H,16-21,24-25,27H2,1-3H3,(H2,44,48)(H,46,54)/t34-,39-/m1/s1. The van der Waals surface area contributed by atoms with Gasteiger partial charge in [0.2, 0.25) is 5.91 Å². The van der Waals surface area contributed by atoms with E-state index in [1.807, 2.05) is 62.1 Å². The minimum Gasteiger partial charge on any atom is -0.507 e. The molecule has 2 fully saturated rings. The molecule has 3 aromatic carbocycles. The second-order valence-corrected chi connectivity index (χ2v) is 16.0. The van der Waals surface area contributed by atoms with Crippen molar-refractivity contribution >= 4 is 17.6 Å². The number of aliphatic hydroxyl groups is 1. The summed E-state index contributed by atoms with van der Waals surface area (Å²) in [5.41, 5.74) is 12.3. The summed E-state index contributed by atoms with van der Waals surface area (Å²) in [6.45, 7) is 10.3. The molecule has 5 N–H and O–H groups in total. The smallest absolute Gasteiger partial charge is 0.251 e. The molecular formula is C43H50N8O4. The number of hydrogen-bond acceptors (Lipinski definition) is 9. The highest BCUT2D eigenvalue weighted by atomic mass is 16.3. The van der Waals surface area contributed by atoms with E-state index < -0.39 is 17.6 Å². The molecule has 0 radical (unpaired) electrons. The summed E-state index contributed by atoms with van der Waals surface area (Å²) >= 11 is 0. The summed E-state index contributed by atoms with van der Waals surface area (Å²) in [5, 5.41) is 36.1. The van der Waals surface area contributed by atoms with Crippen LogP contribution in [-0.2, 0) is 17.9 Å². The second-order valence-electron chi connectivity index (χ2n) is 16.0. The van der Waals surface area contributed by atoms with Gasteiger partial charge >= 0.3 is 0 Å². The third kappa shape index (κ3) is 8.87. The lowest BCUT2D eigenvalue weighted by Crippen LogP contribution is -2.54. The first-order valence-electron chi connectivity index (χ1n) is 19.0. The fraction of sp³-hybridized carbons (Fsp3) is 0.372. The first-order chi connectivity index (χ1) is 26.4. The van der Waals surface area contributed by atoms with Crippen LogP contribution >= 0.6 is 0 Å². The van der Waals surface area contributed by atoms with Crippen molar-refractivity contribution in [2.45, 2.75) is 65.3 Å². The SMILES string of the molecule is CC(C)(C)[C@H](NC(=O)c1ccc(-c2ccc(CN3CCC(Cn4cc(-c5cc(-c6ccccc6O)nnc5N)cn4)CC3)cc2)cc1)C(=O)N1CC[C@@H](O)C1. The van der Waals surface area contributed by atoms with Crippen LogP contribution in [0.1, 0.15) is 56.0 Å². The van der Waals surface area contributed by atoms with Crippen LogP contribution in [0.4, 0.5) is 5.82 Å². The molecule has 0 aliphatic carbocycles. The molecular weight excluding hydrogens is 693 g/mol. The van der Waals surface area contributed by atoms with E-state index in [0.717, 1.165) is 61.3 Å². The Balaban J connectivity index is 0.897. The molecule has 7 rings (SSSR count). The van der Waals surface area contributed by atoms with Crippen LogP contribution in [0.15, 0.2) is 91.3 Å². The van der Waals surface area contributed by atoms with Gasteiger partial charge in [-0.25, -0.2) is 0 Å². The highest BCUT2D eigenvalue weighted by molar-refractivity contribution is 5.98. The lowest BCUT2D eigenvalue weighted by atomic mass is 9.85. The number of anilines is 1. The van der Waals surface area contributed by atoms with Crippen molar-refractivity contribution in [1.29, 1.82) is 0 Å². The minimum atomic E-state index is -0.697. The fourth-order valence-electron chi connectivity index (χ4n) is 7.51. The van der Waals surface area contributed by atoms with Crippen molar-refractivity contribution in [2.75, 3.05) is 31.9 Å². The van der Waals surface area contributed by atoms with Crippen LogP contribution in [-0.4, -0.2) is 90.1 Å². The second kappa shape index (κ2) is 16.0. The Bertz CT molecular complexity index is 2120. The lowest BCUT2D eigenvalue weighted by Gasteiger charge is -2.33. The summed E-state index contributed by atoms with van der Waals surface area (Å²) in [6, 6.07) is 24.3. The highest BCUT2D eigenvalue weighted by Gasteiger charge is 2.38. The van der Waals surface area contributed by atoms with Gasteiger partial charge in [-0.1, -0.05) is 69.3 Å². The number of nitrogens with one attached hydrogen (secondary N) is 1. The van der Waals surface area contributed by atoms with Gasteiger partial charge in [-0.2, -0.15) is 5.10 Å². The van der Waals surface area contributed by atoms with E-state index in [1.54, 1.807) is 35.2 Å². The number of nitrogens with zero attached hydrogens (tertiary/aromatic N) is 6. The number of aromatic nitrogens is 4. The predicted molar refractivity (Wildman–Crippen MR) is 213 cm³/mol. The summed E-state index contributed by atoms with van der Waals surface area (Å²) in [7, 11) is 0. The molecule has 4 heterocycles. The van der Waals surface area contributed by atoms with E-state index in [-0.39, 0.29) is 17.6 Å². The van der Waals surface area contributed by atoms with Gasteiger partial charge in [0, 0.05) is 54.6 Å². The van der Waals surface area contributed by atoms with E-state index in [4.69, 9.17) is 5.73 Å². The number of nitrogens with two attached hydrogens (primary N) is 1. The number of phenols is 1. The van der Waals surface area contributed by atoms with Crippen LogP contribution in [0.3, 0.4) is 0 Å². The van der Waals surface area contributed by atoms with Gasteiger partial charge in [-0.15, -0.1) is 10.2 Å². The number of aliphatic hydroxyl groups excluding tert-OH is 1.